The van der Waals surface area contributed by atoms with Crippen molar-refractivity contribution in [1.82, 2.24) is 4.90 Å². The van der Waals surface area contributed by atoms with Gasteiger partial charge in [0.25, 0.3) is 0 Å². The molecule has 2 N–H and O–H groups in total. The molecule has 1 aliphatic carbocycles. The topological polar surface area (TPSA) is 46.3 Å². The van der Waals surface area contributed by atoms with Gasteiger partial charge in [0, 0.05) is 12.6 Å². The highest BCUT2D eigenvalue weighted by atomic mass is 16.2. The number of nitrogens with zero attached hydrogens (tertiary/aromatic N) is 1. The second-order valence-electron chi connectivity index (χ2n) is 6.32. The van der Waals surface area contributed by atoms with Gasteiger partial charge in [-0.3, -0.25) is 4.79 Å². The summed E-state index contributed by atoms with van der Waals surface area (Å²) in [5.74, 6) is 0.834. The number of rotatable bonds is 2. The smallest absolute Gasteiger partial charge is 0.244 e. The van der Waals surface area contributed by atoms with Crippen LogP contribution in [0.5, 0.6) is 0 Å². The third kappa shape index (κ3) is 2.47. The molecular formula is C17H24N2O. The Balaban J connectivity index is 1.73. The molecule has 1 saturated heterocycles. The van der Waals surface area contributed by atoms with E-state index in [0.717, 1.165) is 30.9 Å². The Hall–Kier alpha value is -1.35. The van der Waals surface area contributed by atoms with Crippen LogP contribution < -0.4 is 5.73 Å². The van der Waals surface area contributed by atoms with E-state index in [2.05, 4.69) is 4.90 Å². The summed E-state index contributed by atoms with van der Waals surface area (Å²) in [7, 11) is 0. The maximum atomic E-state index is 12.7. The molecule has 2 fully saturated rings. The minimum absolute atomic E-state index is 0.114. The highest BCUT2D eigenvalue weighted by Crippen LogP contribution is 2.37. The van der Waals surface area contributed by atoms with Gasteiger partial charge in [0.05, 0.1) is 0 Å². The van der Waals surface area contributed by atoms with Crippen molar-refractivity contribution in [3.8, 4) is 0 Å². The average molecular weight is 272 g/mol. The number of carbonyl (C=O) groups excluding carboxylic acids is 1. The van der Waals surface area contributed by atoms with Gasteiger partial charge >= 0.3 is 0 Å². The van der Waals surface area contributed by atoms with Gasteiger partial charge in [0.1, 0.15) is 6.04 Å². The molecule has 3 heteroatoms. The molecule has 2 aliphatic rings. The first-order valence-electron chi connectivity index (χ1n) is 7.79. The number of nitrogens with two attached hydrogens (primary N) is 1. The van der Waals surface area contributed by atoms with E-state index in [1.165, 1.54) is 24.8 Å². The molecule has 1 amide bonds. The normalized spacial score (nSPS) is 27.2. The zero-order chi connectivity index (χ0) is 14.1. The lowest BCUT2D eigenvalue weighted by molar-refractivity contribution is -0.134. The molecule has 0 bridgehead atoms. The lowest BCUT2D eigenvalue weighted by Gasteiger charge is -2.33. The van der Waals surface area contributed by atoms with Crippen molar-refractivity contribution in [3.63, 3.8) is 0 Å². The fourth-order valence-electron chi connectivity index (χ4n) is 3.77. The van der Waals surface area contributed by atoms with E-state index in [4.69, 9.17) is 5.73 Å². The zero-order valence-electron chi connectivity index (χ0n) is 12.2. The van der Waals surface area contributed by atoms with Crippen molar-refractivity contribution in [2.24, 2.45) is 11.7 Å². The molecule has 1 saturated carbocycles. The zero-order valence-corrected chi connectivity index (χ0v) is 12.2. The fourth-order valence-corrected chi connectivity index (χ4v) is 3.77. The van der Waals surface area contributed by atoms with E-state index >= 15 is 0 Å². The quantitative estimate of drug-likeness (QED) is 0.900. The summed E-state index contributed by atoms with van der Waals surface area (Å²) in [6.07, 6.45) is 6.19. The van der Waals surface area contributed by atoms with Crippen LogP contribution in [0, 0.1) is 12.8 Å². The summed E-state index contributed by atoms with van der Waals surface area (Å²) < 4.78 is 0. The van der Waals surface area contributed by atoms with Crippen molar-refractivity contribution in [3.05, 3.63) is 35.4 Å². The predicted molar refractivity (Wildman–Crippen MR) is 80.2 cm³/mol. The van der Waals surface area contributed by atoms with E-state index in [1.807, 2.05) is 31.2 Å². The molecule has 1 aromatic carbocycles. The number of fused-ring (bicyclic) bond motifs is 1. The van der Waals surface area contributed by atoms with E-state index < -0.39 is 6.04 Å². The molecule has 3 rings (SSSR count). The minimum Gasteiger partial charge on any atom is -0.338 e. The Morgan fingerprint density at radius 3 is 2.65 bits per heavy atom. The van der Waals surface area contributed by atoms with Gasteiger partial charge in [-0.25, -0.2) is 0 Å². The van der Waals surface area contributed by atoms with Crippen LogP contribution in [0.1, 0.15) is 49.3 Å². The Morgan fingerprint density at radius 2 is 1.90 bits per heavy atom. The molecule has 3 atom stereocenters. The molecule has 0 radical (unpaired) electrons. The predicted octanol–water partition coefficient (Wildman–Crippen LogP) is 2.79. The Morgan fingerprint density at radius 1 is 1.20 bits per heavy atom. The molecule has 20 heavy (non-hydrogen) atoms. The second-order valence-corrected chi connectivity index (χ2v) is 6.32. The number of aryl methyl sites for hydroxylation is 1. The maximum absolute atomic E-state index is 12.7. The van der Waals surface area contributed by atoms with Gasteiger partial charge in [-0.1, -0.05) is 42.7 Å². The molecule has 1 heterocycles. The first kappa shape index (κ1) is 13.6. The lowest BCUT2D eigenvalue weighted by Crippen LogP contribution is -2.43. The van der Waals surface area contributed by atoms with Crippen molar-refractivity contribution in [2.45, 2.75) is 51.1 Å². The summed E-state index contributed by atoms with van der Waals surface area (Å²) in [5, 5.41) is 0. The average Bonchev–Trinajstić information content (AvgIpc) is 2.90. The SMILES string of the molecule is Cc1ccc(C(N)C(=O)N2CCC3CCCCC32)cc1. The second kappa shape index (κ2) is 5.57. The van der Waals surface area contributed by atoms with Gasteiger partial charge in [0.15, 0.2) is 0 Å². The molecular weight excluding hydrogens is 248 g/mol. The number of amides is 1. The fraction of sp³-hybridized carbons (Fsp3) is 0.588. The minimum atomic E-state index is -0.503. The van der Waals surface area contributed by atoms with Gasteiger partial charge in [-0.2, -0.15) is 0 Å². The van der Waals surface area contributed by atoms with Crippen LogP contribution in [-0.4, -0.2) is 23.4 Å². The number of carbonyl (C=O) groups is 1. The maximum Gasteiger partial charge on any atom is 0.244 e. The van der Waals surface area contributed by atoms with E-state index in [1.54, 1.807) is 0 Å². The van der Waals surface area contributed by atoms with Crippen LogP contribution in [0.15, 0.2) is 24.3 Å². The largest absolute Gasteiger partial charge is 0.338 e. The molecule has 0 spiro atoms. The van der Waals surface area contributed by atoms with Gasteiger partial charge in [-0.15, -0.1) is 0 Å². The van der Waals surface area contributed by atoms with Crippen molar-refractivity contribution < 1.29 is 4.79 Å². The lowest BCUT2D eigenvalue weighted by atomic mass is 9.85. The number of likely N-dealkylation sites (tertiary alicyclic amines) is 1. The Labute approximate surface area is 121 Å². The van der Waals surface area contributed by atoms with Crippen molar-refractivity contribution in [2.75, 3.05) is 6.54 Å². The monoisotopic (exact) mass is 272 g/mol. The number of hydrogen-bond donors (Lipinski definition) is 1. The summed E-state index contributed by atoms with van der Waals surface area (Å²) in [5.41, 5.74) is 8.33. The van der Waals surface area contributed by atoms with E-state index in [9.17, 15) is 4.79 Å². The molecule has 1 aliphatic heterocycles. The van der Waals surface area contributed by atoms with Crippen molar-refractivity contribution >= 4 is 5.91 Å². The standard InChI is InChI=1S/C17H24N2O/c1-12-6-8-14(9-7-12)16(18)17(20)19-11-10-13-4-2-3-5-15(13)19/h6-9,13,15-16H,2-5,10-11,18H2,1H3. The van der Waals surface area contributed by atoms with Crippen LogP contribution >= 0.6 is 0 Å². The summed E-state index contributed by atoms with van der Waals surface area (Å²) in [6, 6.07) is 7.95. The molecule has 3 unspecified atom stereocenters. The van der Waals surface area contributed by atoms with Gasteiger partial charge < -0.3 is 10.6 Å². The highest BCUT2D eigenvalue weighted by Gasteiger charge is 2.39. The highest BCUT2D eigenvalue weighted by molar-refractivity contribution is 5.83. The van der Waals surface area contributed by atoms with Crippen LogP contribution in [0.2, 0.25) is 0 Å². The third-order valence-corrected chi connectivity index (χ3v) is 5.00. The van der Waals surface area contributed by atoms with E-state index in [0.29, 0.717) is 6.04 Å². The van der Waals surface area contributed by atoms with Crippen molar-refractivity contribution in [1.29, 1.82) is 0 Å². The van der Waals surface area contributed by atoms with Gasteiger partial charge in [-0.05, 0) is 37.7 Å². The van der Waals surface area contributed by atoms with Crippen LogP contribution in [0.4, 0.5) is 0 Å². The van der Waals surface area contributed by atoms with Crippen LogP contribution in [0.25, 0.3) is 0 Å². The first-order chi connectivity index (χ1) is 9.66. The molecule has 108 valence electrons. The summed E-state index contributed by atoms with van der Waals surface area (Å²) in [4.78, 5) is 14.8. The Bertz CT molecular complexity index is 482. The van der Waals surface area contributed by atoms with Gasteiger partial charge in [0.2, 0.25) is 5.91 Å². The van der Waals surface area contributed by atoms with Crippen LogP contribution in [0.3, 0.4) is 0 Å². The third-order valence-electron chi connectivity index (χ3n) is 5.00. The molecule has 3 nitrogen and oxygen atoms in total. The van der Waals surface area contributed by atoms with E-state index in [-0.39, 0.29) is 5.91 Å². The first-order valence-corrected chi connectivity index (χ1v) is 7.79. The summed E-state index contributed by atoms with van der Waals surface area (Å²) >= 11 is 0. The number of benzene rings is 1. The molecule has 1 aromatic rings. The Kier molecular flexibility index (Phi) is 3.79. The van der Waals surface area contributed by atoms with Crippen LogP contribution in [-0.2, 0) is 4.79 Å². The molecule has 0 aromatic heterocycles. The number of hydrogen-bond acceptors (Lipinski definition) is 2. The summed E-state index contributed by atoms with van der Waals surface area (Å²) in [6.45, 7) is 2.94.